The van der Waals surface area contributed by atoms with Crippen LogP contribution in [0.2, 0.25) is 0 Å². The second kappa shape index (κ2) is 6.56. The van der Waals surface area contributed by atoms with Gasteiger partial charge < -0.3 is 4.74 Å². The maximum absolute atomic E-state index is 13.3. The third kappa shape index (κ3) is 4.37. The zero-order valence-electron chi connectivity index (χ0n) is 10.6. The first-order valence-corrected chi connectivity index (χ1v) is 7.42. The fraction of sp³-hybridized carbons (Fsp3) is 0.333. The fourth-order valence-corrected chi connectivity index (χ4v) is 2.56. The number of ether oxygens (including phenoxy) is 1. The van der Waals surface area contributed by atoms with Gasteiger partial charge in [-0.05, 0) is 19.1 Å². The highest BCUT2D eigenvalue weighted by molar-refractivity contribution is 7.92. The van der Waals surface area contributed by atoms with Crippen LogP contribution in [0.3, 0.4) is 0 Å². The fourth-order valence-electron chi connectivity index (χ4n) is 1.47. The van der Waals surface area contributed by atoms with Crippen molar-refractivity contribution in [1.82, 2.24) is 0 Å². The van der Waals surface area contributed by atoms with E-state index in [9.17, 15) is 26.8 Å². The summed E-state index contributed by atoms with van der Waals surface area (Å²) in [6.45, 7) is 1.48. The number of rotatable bonds is 6. The van der Waals surface area contributed by atoms with Gasteiger partial charge in [-0.1, -0.05) is 6.07 Å². The van der Waals surface area contributed by atoms with Gasteiger partial charge in [0.15, 0.2) is 15.6 Å². The number of hydrogen-bond donors (Lipinski definition) is 0. The topological polar surface area (TPSA) is 77.5 Å². The van der Waals surface area contributed by atoms with Crippen LogP contribution in [0.25, 0.3) is 0 Å². The Bertz CT molecular complexity index is 604. The number of ketones is 1. The minimum Gasteiger partial charge on any atom is -0.465 e. The van der Waals surface area contributed by atoms with Crippen LogP contribution in [0.1, 0.15) is 17.3 Å². The highest BCUT2D eigenvalue weighted by Gasteiger charge is 2.25. The van der Waals surface area contributed by atoms with Gasteiger partial charge in [0.25, 0.3) is 0 Å². The van der Waals surface area contributed by atoms with Crippen LogP contribution in [-0.2, 0) is 19.4 Å². The van der Waals surface area contributed by atoms with Gasteiger partial charge in [-0.25, -0.2) is 17.2 Å². The summed E-state index contributed by atoms with van der Waals surface area (Å²) in [5, 5.41) is 0. The van der Waals surface area contributed by atoms with Crippen molar-refractivity contribution >= 4 is 21.6 Å². The molecular weight excluding hydrogens is 294 g/mol. The largest absolute Gasteiger partial charge is 0.465 e. The lowest BCUT2D eigenvalue weighted by Gasteiger charge is -2.05. The van der Waals surface area contributed by atoms with Crippen molar-refractivity contribution in [2.75, 3.05) is 18.1 Å². The van der Waals surface area contributed by atoms with Crippen molar-refractivity contribution in [3.8, 4) is 0 Å². The number of benzene rings is 1. The molecule has 110 valence electrons. The van der Waals surface area contributed by atoms with E-state index in [0.29, 0.717) is 0 Å². The number of halogens is 2. The zero-order valence-corrected chi connectivity index (χ0v) is 11.4. The summed E-state index contributed by atoms with van der Waals surface area (Å²) in [5.41, 5.74) is -0.931. The first-order valence-electron chi connectivity index (χ1n) is 5.60. The number of carbonyl (C=O) groups excluding carboxylic acids is 2. The lowest BCUT2D eigenvalue weighted by molar-refractivity contribution is -0.139. The maximum Gasteiger partial charge on any atom is 0.321 e. The molecule has 0 unspecified atom stereocenters. The molecule has 0 fully saturated rings. The van der Waals surface area contributed by atoms with E-state index in [4.69, 9.17) is 0 Å². The molecule has 0 aliphatic heterocycles. The van der Waals surface area contributed by atoms with E-state index in [1.165, 1.54) is 6.92 Å². The molecule has 0 aliphatic rings. The Morgan fingerprint density at radius 1 is 1.15 bits per heavy atom. The predicted molar refractivity (Wildman–Crippen MR) is 66.0 cm³/mol. The molecule has 0 amide bonds. The summed E-state index contributed by atoms with van der Waals surface area (Å²) in [6, 6.07) is 2.73. The summed E-state index contributed by atoms with van der Waals surface area (Å²) in [4.78, 5) is 22.7. The quantitative estimate of drug-likeness (QED) is 0.581. The summed E-state index contributed by atoms with van der Waals surface area (Å²) in [5.74, 6) is -6.74. The van der Waals surface area contributed by atoms with E-state index in [0.717, 1.165) is 18.2 Å². The molecule has 0 N–H and O–H groups in total. The Kier molecular flexibility index (Phi) is 5.32. The first kappa shape index (κ1) is 16.2. The third-order valence-corrected chi connectivity index (χ3v) is 3.61. The van der Waals surface area contributed by atoms with Crippen molar-refractivity contribution in [1.29, 1.82) is 0 Å². The van der Waals surface area contributed by atoms with Crippen LogP contribution in [0.15, 0.2) is 18.2 Å². The van der Waals surface area contributed by atoms with Crippen molar-refractivity contribution in [3.63, 3.8) is 0 Å². The Morgan fingerprint density at radius 3 is 2.20 bits per heavy atom. The van der Waals surface area contributed by atoms with E-state index in [2.05, 4.69) is 4.74 Å². The Morgan fingerprint density at radius 2 is 1.70 bits per heavy atom. The van der Waals surface area contributed by atoms with Gasteiger partial charge in [-0.15, -0.1) is 0 Å². The zero-order chi connectivity index (χ0) is 15.3. The Hall–Kier alpha value is -1.83. The molecule has 0 atom stereocenters. The first-order chi connectivity index (χ1) is 9.26. The highest BCUT2D eigenvalue weighted by atomic mass is 32.2. The average Bonchev–Trinajstić information content (AvgIpc) is 2.26. The van der Waals surface area contributed by atoms with E-state index in [-0.39, 0.29) is 6.61 Å². The molecule has 1 aromatic rings. The molecule has 0 spiro atoms. The number of esters is 1. The maximum atomic E-state index is 13.3. The lowest BCUT2D eigenvalue weighted by atomic mass is 10.1. The van der Waals surface area contributed by atoms with E-state index in [1.54, 1.807) is 0 Å². The normalized spacial score (nSPS) is 11.2. The van der Waals surface area contributed by atoms with Crippen molar-refractivity contribution in [2.45, 2.75) is 6.92 Å². The number of hydrogen-bond acceptors (Lipinski definition) is 5. The van der Waals surface area contributed by atoms with Crippen LogP contribution in [0.4, 0.5) is 8.78 Å². The molecule has 8 heteroatoms. The molecule has 0 aliphatic carbocycles. The minimum atomic E-state index is -4.14. The highest BCUT2D eigenvalue weighted by Crippen LogP contribution is 2.14. The van der Waals surface area contributed by atoms with Crippen LogP contribution in [-0.4, -0.2) is 38.3 Å². The van der Waals surface area contributed by atoms with Crippen molar-refractivity contribution < 1.29 is 31.5 Å². The van der Waals surface area contributed by atoms with Gasteiger partial charge in [0.05, 0.1) is 12.2 Å². The van der Waals surface area contributed by atoms with Gasteiger partial charge in [0.2, 0.25) is 0 Å². The second-order valence-corrected chi connectivity index (χ2v) is 5.92. The van der Waals surface area contributed by atoms with Gasteiger partial charge in [-0.2, -0.15) is 0 Å². The second-order valence-electron chi connectivity index (χ2n) is 3.86. The summed E-state index contributed by atoms with van der Waals surface area (Å²) < 4.78 is 54.2. The molecule has 1 aromatic carbocycles. The predicted octanol–water partition coefficient (Wildman–Crippen LogP) is 1.13. The molecule has 0 saturated heterocycles. The van der Waals surface area contributed by atoms with Gasteiger partial charge in [-0.3, -0.25) is 9.59 Å². The third-order valence-electron chi connectivity index (χ3n) is 2.24. The van der Waals surface area contributed by atoms with Crippen LogP contribution in [0.5, 0.6) is 0 Å². The summed E-state index contributed by atoms with van der Waals surface area (Å²) >= 11 is 0. The molecule has 1 rings (SSSR count). The van der Waals surface area contributed by atoms with Crippen LogP contribution in [0, 0.1) is 11.6 Å². The summed E-state index contributed by atoms with van der Waals surface area (Å²) in [6.07, 6.45) is 0. The van der Waals surface area contributed by atoms with Crippen LogP contribution < -0.4 is 0 Å². The van der Waals surface area contributed by atoms with Gasteiger partial charge >= 0.3 is 5.97 Å². The van der Waals surface area contributed by atoms with E-state index >= 15 is 0 Å². The number of carbonyl (C=O) groups is 2. The molecular formula is C12H12F2O5S. The molecule has 0 aromatic heterocycles. The van der Waals surface area contributed by atoms with Crippen molar-refractivity contribution in [2.24, 2.45) is 0 Å². The number of Topliss-reactive ketones (excluding diaryl/α,β-unsaturated/α-hetero) is 1. The van der Waals surface area contributed by atoms with Gasteiger partial charge in [0.1, 0.15) is 23.1 Å². The molecule has 0 heterocycles. The Labute approximate surface area is 114 Å². The van der Waals surface area contributed by atoms with Crippen LogP contribution >= 0.6 is 0 Å². The Balaban J connectivity index is 2.88. The monoisotopic (exact) mass is 306 g/mol. The molecule has 0 bridgehead atoms. The van der Waals surface area contributed by atoms with E-state index < -0.39 is 50.3 Å². The SMILES string of the molecule is CCOC(=O)CS(=O)(=O)CC(=O)c1c(F)cccc1F. The minimum absolute atomic E-state index is 0.00968. The summed E-state index contributed by atoms with van der Waals surface area (Å²) in [7, 11) is -4.14. The lowest BCUT2D eigenvalue weighted by Crippen LogP contribution is -2.26. The van der Waals surface area contributed by atoms with E-state index in [1.807, 2.05) is 0 Å². The average molecular weight is 306 g/mol. The number of sulfone groups is 1. The molecule has 20 heavy (non-hydrogen) atoms. The van der Waals surface area contributed by atoms with Gasteiger partial charge in [0, 0.05) is 0 Å². The molecule has 5 nitrogen and oxygen atoms in total. The molecule has 0 saturated carbocycles. The molecule has 0 radical (unpaired) electrons. The van der Waals surface area contributed by atoms with Crippen molar-refractivity contribution in [3.05, 3.63) is 35.4 Å². The standard InChI is InChI=1S/C12H12F2O5S/c1-2-19-11(16)7-20(17,18)6-10(15)12-8(13)4-3-5-9(12)14/h3-5H,2,6-7H2,1H3. The smallest absolute Gasteiger partial charge is 0.321 e.